The number of rotatable bonds is 6. The lowest BCUT2D eigenvalue weighted by Gasteiger charge is -2.16. The predicted molar refractivity (Wildman–Crippen MR) is 110 cm³/mol. The van der Waals surface area contributed by atoms with Gasteiger partial charge in [0, 0.05) is 0 Å². The van der Waals surface area contributed by atoms with E-state index in [1.165, 1.54) is 5.39 Å². The van der Waals surface area contributed by atoms with Gasteiger partial charge < -0.3 is 10.1 Å². The number of fused-ring (bicyclic) bond motifs is 2. The second-order valence-electron chi connectivity index (χ2n) is 6.43. The normalized spacial score (nSPS) is 12.3. The number of nitrogens with zero attached hydrogens (tertiary/aromatic N) is 1. The number of amides is 1. The fraction of sp³-hybridized carbons (Fsp3) is 0.182. The van der Waals surface area contributed by atoms with Gasteiger partial charge in [0.25, 0.3) is 0 Å². The molecule has 0 spiro atoms. The Labute approximate surface area is 161 Å². The lowest BCUT2D eigenvalue weighted by Crippen LogP contribution is -2.30. The van der Waals surface area contributed by atoms with Gasteiger partial charge in [0.05, 0.1) is 22.9 Å². The number of nitrogens with one attached hydrogen (secondary N) is 1. The first-order valence-electron chi connectivity index (χ1n) is 8.90. The molecule has 0 aliphatic rings. The summed E-state index contributed by atoms with van der Waals surface area (Å²) in [4.78, 5) is 16.8. The molecule has 0 aliphatic carbocycles. The van der Waals surface area contributed by atoms with Crippen molar-refractivity contribution in [1.29, 1.82) is 0 Å². The van der Waals surface area contributed by atoms with Crippen LogP contribution in [0, 0.1) is 0 Å². The van der Waals surface area contributed by atoms with Crippen LogP contribution in [0.2, 0.25) is 0 Å². The molecule has 1 N–H and O–H groups in total. The molecule has 4 rings (SSSR count). The van der Waals surface area contributed by atoms with Gasteiger partial charge in [-0.15, -0.1) is 11.3 Å². The minimum absolute atomic E-state index is 0.0189. The molecule has 1 atom stereocenters. The number of carbonyl (C=O) groups is 1. The Bertz CT molecular complexity index is 1050. The molecule has 0 aliphatic heterocycles. The van der Waals surface area contributed by atoms with Crippen molar-refractivity contribution < 1.29 is 9.53 Å². The average Bonchev–Trinajstić information content (AvgIpc) is 3.10. The molecule has 136 valence electrons. The summed E-state index contributed by atoms with van der Waals surface area (Å²) < 4.78 is 6.70. The zero-order valence-electron chi connectivity index (χ0n) is 15.0. The molecular weight excluding hydrogens is 356 g/mol. The highest BCUT2D eigenvalue weighted by molar-refractivity contribution is 7.18. The van der Waals surface area contributed by atoms with Gasteiger partial charge in [-0.05, 0) is 35.4 Å². The smallest absolute Gasteiger partial charge is 0.246 e. The van der Waals surface area contributed by atoms with Crippen LogP contribution >= 0.6 is 11.3 Å². The van der Waals surface area contributed by atoms with E-state index in [0.29, 0.717) is 6.61 Å². The third-order valence-electron chi connectivity index (χ3n) is 4.46. The maximum atomic E-state index is 12.3. The summed E-state index contributed by atoms with van der Waals surface area (Å²) in [5.74, 6) is -0.128. The number of benzene rings is 3. The lowest BCUT2D eigenvalue weighted by atomic mass is 10.00. The molecule has 1 aromatic heterocycles. The third kappa shape index (κ3) is 3.99. The van der Waals surface area contributed by atoms with Crippen molar-refractivity contribution in [2.24, 2.45) is 0 Å². The Balaban J connectivity index is 1.34. The van der Waals surface area contributed by atoms with Gasteiger partial charge in [0.15, 0.2) is 0 Å². The van der Waals surface area contributed by atoms with Crippen LogP contribution in [0.25, 0.3) is 21.0 Å². The van der Waals surface area contributed by atoms with Gasteiger partial charge in [0.2, 0.25) is 5.91 Å². The Hall–Kier alpha value is -2.76. The van der Waals surface area contributed by atoms with Crippen molar-refractivity contribution in [3.63, 3.8) is 0 Å². The molecule has 0 radical (unpaired) electrons. The first kappa shape index (κ1) is 17.6. The highest BCUT2D eigenvalue weighted by atomic mass is 32.1. The molecule has 4 aromatic rings. The molecule has 0 bridgehead atoms. The van der Waals surface area contributed by atoms with E-state index in [1.54, 1.807) is 11.3 Å². The van der Waals surface area contributed by atoms with E-state index in [2.05, 4.69) is 34.6 Å². The summed E-state index contributed by atoms with van der Waals surface area (Å²) in [6.07, 6.45) is 0. The van der Waals surface area contributed by atoms with Crippen molar-refractivity contribution in [3.8, 4) is 0 Å². The summed E-state index contributed by atoms with van der Waals surface area (Å²) in [5, 5.41) is 6.23. The highest BCUT2D eigenvalue weighted by Crippen LogP contribution is 2.24. The summed E-state index contributed by atoms with van der Waals surface area (Å²) in [6, 6.07) is 22.2. The largest absolute Gasteiger partial charge is 0.364 e. The van der Waals surface area contributed by atoms with Crippen LogP contribution in [0.15, 0.2) is 66.7 Å². The van der Waals surface area contributed by atoms with E-state index in [4.69, 9.17) is 4.74 Å². The fourth-order valence-electron chi connectivity index (χ4n) is 3.20. The highest BCUT2D eigenvalue weighted by Gasteiger charge is 2.12. The molecule has 0 saturated heterocycles. The number of hydrogen-bond donors (Lipinski definition) is 1. The molecule has 5 heteroatoms. The van der Waals surface area contributed by atoms with Gasteiger partial charge in [-0.25, -0.2) is 4.98 Å². The summed E-state index contributed by atoms with van der Waals surface area (Å²) in [5.41, 5.74) is 2.07. The Kier molecular flexibility index (Phi) is 5.14. The van der Waals surface area contributed by atoms with Gasteiger partial charge in [-0.3, -0.25) is 4.79 Å². The predicted octanol–water partition coefficient (Wildman–Crippen LogP) is 4.84. The average molecular weight is 376 g/mol. The molecule has 1 heterocycles. The maximum Gasteiger partial charge on any atom is 0.246 e. The number of aromatic nitrogens is 1. The van der Waals surface area contributed by atoms with E-state index >= 15 is 0 Å². The molecule has 4 nitrogen and oxygen atoms in total. The molecule has 1 amide bonds. The topological polar surface area (TPSA) is 51.2 Å². The molecule has 1 unspecified atom stereocenters. The van der Waals surface area contributed by atoms with Crippen molar-refractivity contribution in [2.45, 2.75) is 19.6 Å². The minimum atomic E-state index is -0.128. The summed E-state index contributed by atoms with van der Waals surface area (Å²) in [6.45, 7) is 2.35. The summed E-state index contributed by atoms with van der Waals surface area (Å²) in [7, 11) is 0. The van der Waals surface area contributed by atoms with E-state index in [0.717, 1.165) is 26.2 Å². The maximum absolute atomic E-state index is 12.3. The van der Waals surface area contributed by atoms with Crippen LogP contribution in [0.5, 0.6) is 0 Å². The van der Waals surface area contributed by atoms with Crippen LogP contribution in [0.1, 0.15) is 23.5 Å². The van der Waals surface area contributed by atoms with Crippen LogP contribution in [0.3, 0.4) is 0 Å². The minimum Gasteiger partial charge on any atom is -0.364 e. The van der Waals surface area contributed by atoms with Crippen molar-refractivity contribution in [1.82, 2.24) is 10.3 Å². The zero-order chi connectivity index (χ0) is 18.6. The Morgan fingerprint density at radius 2 is 1.85 bits per heavy atom. The van der Waals surface area contributed by atoms with E-state index in [-0.39, 0.29) is 18.6 Å². The number of para-hydroxylation sites is 1. The fourth-order valence-corrected chi connectivity index (χ4v) is 4.11. The second-order valence-corrected chi connectivity index (χ2v) is 7.54. The Morgan fingerprint density at radius 1 is 1.07 bits per heavy atom. The first-order valence-corrected chi connectivity index (χ1v) is 9.71. The molecule has 0 fully saturated rings. The van der Waals surface area contributed by atoms with E-state index < -0.39 is 0 Å². The second kappa shape index (κ2) is 7.86. The van der Waals surface area contributed by atoms with Crippen molar-refractivity contribution >= 4 is 38.2 Å². The number of hydrogen-bond acceptors (Lipinski definition) is 4. The molecule has 27 heavy (non-hydrogen) atoms. The van der Waals surface area contributed by atoms with Gasteiger partial charge in [-0.1, -0.05) is 54.6 Å². The van der Waals surface area contributed by atoms with Crippen molar-refractivity contribution in [3.05, 3.63) is 77.3 Å². The SMILES string of the molecule is CC(NC(=O)COCc1nc2ccccc2s1)c1cccc2ccccc12. The first-order chi connectivity index (χ1) is 13.2. The molecular formula is C22H20N2O2S. The number of thiazole rings is 1. The van der Waals surface area contributed by atoms with Gasteiger partial charge >= 0.3 is 0 Å². The number of carbonyl (C=O) groups excluding carboxylic acids is 1. The van der Waals surface area contributed by atoms with Crippen LogP contribution in [-0.2, 0) is 16.1 Å². The van der Waals surface area contributed by atoms with Gasteiger partial charge in [0.1, 0.15) is 11.6 Å². The Morgan fingerprint density at radius 3 is 2.74 bits per heavy atom. The van der Waals surface area contributed by atoms with Crippen LogP contribution < -0.4 is 5.32 Å². The number of ether oxygens (including phenoxy) is 1. The zero-order valence-corrected chi connectivity index (χ0v) is 15.8. The van der Waals surface area contributed by atoms with E-state index in [1.807, 2.05) is 49.4 Å². The third-order valence-corrected chi connectivity index (χ3v) is 5.47. The lowest BCUT2D eigenvalue weighted by molar-refractivity contribution is -0.126. The quantitative estimate of drug-likeness (QED) is 0.524. The van der Waals surface area contributed by atoms with Crippen LogP contribution in [0.4, 0.5) is 0 Å². The van der Waals surface area contributed by atoms with Gasteiger partial charge in [-0.2, -0.15) is 0 Å². The monoisotopic (exact) mass is 376 g/mol. The molecule has 0 saturated carbocycles. The standard InChI is InChI=1S/C22H20N2O2S/c1-15(17-10-6-8-16-7-2-3-9-18(16)17)23-21(25)13-26-14-22-24-19-11-4-5-12-20(19)27-22/h2-12,15H,13-14H2,1H3,(H,23,25). The van der Waals surface area contributed by atoms with Crippen molar-refractivity contribution in [2.75, 3.05) is 6.61 Å². The van der Waals surface area contributed by atoms with E-state index in [9.17, 15) is 4.79 Å². The van der Waals surface area contributed by atoms with Crippen LogP contribution in [-0.4, -0.2) is 17.5 Å². The summed E-state index contributed by atoms with van der Waals surface area (Å²) >= 11 is 1.59. The molecule has 3 aromatic carbocycles.